The molecule has 1 amide bonds. The van der Waals surface area contributed by atoms with E-state index >= 15 is 0 Å². The third kappa shape index (κ3) is 2.93. The van der Waals surface area contributed by atoms with Gasteiger partial charge in [0.15, 0.2) is 0 Å². The molecule has 0 bridgehead atoms. The number of ether oxygens (including phenoxy) is 2. The van der Waals surface area contributed by atoms with Crippen LogP contribution in [0.25, 0.3) is 0 Å². The first-order valence-corrected chi connectivity index (χ1v) is 4.37. The van der Waals surface area contributed by atoms with E-state index in [1.165, 1.54) is 4.90 Å². The van der Waals surface area contributed by atoms with Crippen LogP contribution >= 0.6 is 0 Å². The van der Waals surface area contributed by atoms with Crippen LogP contribution in [0.4, 0.5) is 9.59 Å². The number of carbonyl (C=O) groups excluding carboxylic acids is 2. The molecule has 0 saturated carbocycles. The lowest BCUT2D eigenvalue weighted by Crippen LogP contribution is -2.30. The minimum Gasteiger partial charge on any atom is -0.434 e. The fourth-order valence-corrected chi connectivity index (χ4v) is 1.18. The molecular formula is C8H13NO4. The minimum atomic E-state index is -0.917. The fraction of sp³-hybridized carbons (Fsp3) is 0.750. The van der Waals surface area contributed by atoms with E-state index in [9.17, 15) is 9.59 Å². The molecule has 1 rings (SSSR count). The third-order valence-corrected chi connectivity index (χ3v) is 1.80. The summed E-state index contributed by atoms with van der Waals surface area (Å²) in [4.78, 5) is 23.3. The highest BCUT2D eigenvalue weighted by Gasteiger charge is 2.22. The Morgan fingerprint density at radius 1 is 1.31 bits per heavy atom. The molecule has 0 aromatic rings. The number of amides is 1. The maximum absolute atomic E-state index is 11.1. The van der Waals surface area contributed by atoms with E-state index in [2.05, 4.69) is 9.47 Å². The zero-order valence-corrected chi connectivity index (χ0v) is 7.62. The van der Waals surface area contributed by atoms with Gasteiger partial charge in [0.25, 0.3) is 0 Å². The number of hydrogen-bond donors (Lipinski definition) is 0. The van der Waals surface area contributed by atoms with Crippen LogP contribution in [-0.4, -0.2) is 36.8 Å². The molecule has 0 radical (unpaired) electrons. The summed E-state index contributed by atoms with van der Waals surface area (Å²) < 4.78 is 8.86. The van der Waals surface area contributed by atoms with Crippen molar-refractivity contribution in [2.75, 3.05) is 19.7 Å². The van der Waals surface area contributed by atoms with Crippen molar-refractivity contribution in [3.05, 3.63) is 0 Å². The Morgan fingerprint density at radius 2 is 1.92 bits per heavy atom. The summed E-state index contributed by atoms with van der Waals surface area (Å²) in [6.07, 6.45) is 0.422. The van der Waals surface area contributed by atoms with Crippen molar-refractivity contribution in [3.8, 4) is 0 Å². The first-order valence-electron chi connectivity index (χ1n) is 4.37. The summed E-state index contributed by atoms with van der Waals surface area (Å²) in [6.45, 7) is 3.20. The maximum atomic E-state index is 11.1. The van der Waals surface area contributed by atoms with Crippen LogP contribution in [0.3, 0.4) is 0 Å². The summed E-state index contributed by atoms with van der Waals surface area (Å²) in [6, 6.07) is 0. The first kappa shape index (κ1) is 9.83. The van der Waals surface area contributed by atoms with E-state index in [4.69, 9.17) is 0 Å². The molecular weight excluding hydrogens is 174 g/mol. The van der Waals surface area contributed by atoms with Gasteiger partial charge in [-0.3, -0.25) is 0 Å². The highest BCUT2D eigenvalue weighted by molar-refractivity contribution is 5.80. The van der Waals surface area contributed by atoms with Gasteiger partial charge in [-0.15, -0.1) is 0 Å². The van der Waals surface area contributed by atoms with E-state index in [1.54, 1.807) is 6.92 Å². The van der Waals surface area contributed by atoms with Crippen LogP contribution in [0, 0.1) is 0 Å². The number of likely N-dealkylation sites (tertiary alicyclic amines) is 1. The Balaban J connectivity index is 2.27. The zero-order chi connectivity index (χ0) is 9.68. The summed E-state index contributed by atoms with van der Waals surface area (Å²) in [7, 11) is 0. The molecule has 5 heteroatoms. The smallest absolute Gasteiger partial charge is 0.434 e. The Labute approximate surface area is 76.6 Å². The Kier molecular flexibility index (Phi) is 3.54. The molecule has 0 aromatic heterocycles. The first-order chi connectivity index (χ1) is 6.24. The van der Waals surface area contributed by atoms with Gasteiger partial charge in [-0.2, -0.15) is 0 Å². The molecule has 0 N–H and O–H groups in total. The highest BCUT2D eigenvalue weighted by atomic mass is 16.7. The molecule has 74 valence electrons. The number of hydrogen-bond acceptors (Lipinski definition) is 4. The van der Waals surface area contributed by atoms with E-state index in [1.807, 2.05) is 0 Å². The van der Waals surface area contributed by atoms with Gasteiger partial charge in [0.2, 0.25) is 0 Å². The van der Waals surface area contributed by atoms with Gasteiger partial charge in [0.1, 0.15) is 0 Å². The average Bonchev–Trinajstić information content (AvgIpc) is 2.55. The number of carbonyl (C=O) groups is 2. The van der Waals surface area contributed by atoms with Crippen molar-refractivity contribution < 1.29 is 19.1 Å². The molecule has 0 atom stereocenters. The Hall–Kier alpha value is -1.26. The summed E-state index contributed by atoms with van der Waals surface area (Å²) in [5.74, 6) is 0. The van der Waals surface area contributed by atoms with Gasteiger partial charge in [0, 0.05) is 13.1 Å². The van der Waals surface area contributed by atoms with Gasteiger partial charge in [-0.25, -0.2) is 9.59 Å². The van der Waals surface area contributed by atoms with Crippen molar-refractivity contribution in [3.63, 3.8) is 0 Å². The number of rotatable bonds is 1. The molecule has 0 unspecified atom stereocenters. The van der Waals surface area contributed by atoms with Crippen LogP contribution in [0.1, 0.15) is 19.8 Å². The van der Waals surface area contributed by atoms with Crippen LogP contribution in [0.2, 0.25) is 0 Å². The predicted molar refractivity (Wildman–Crippen MR) is 44.3 cm³/mol. The predicted octanol–water partition coefficient (Wildman–Crippen LogP) is 1.38. The van der Waals surface area contributed by atoms with E-state index in [0.717, 1.165) is 12.8 Å². The molecule has 1 saturated heterocycles. The second-order valence-corrected chi connectivity index (χ2v) is 2.75. The molecule has 5 nitrogen and oxygen atoms in total. The second-order valence-electron chi connectivity index (χ2n) is 2.75. The summed E-state index contributed by atoms with van der Waals surface area (Å²) in [5, 5.41) is 0. The second kappa shape index (κ2) is 4.69. The van der Waals surface area contributed by atoms with Gasteiger partial charge in [-0.05, 0) is 19.8 Å². The standard InChI is InChI=1S/C8H13NO4/c1-2-12-8(11)13-7(10)9-5-3-4-6-9/h2-6H2,1H3. The summed E-state index contributed by atoms with van der Waals surface area (Å²) in [5.41, 5.74) is 0. The molecule has 1 fully saturated rings. The SMILES string of the molecule is CCOC(=O)OC(=O)N1CCCC1. The monoisotopic (exact) mass is 187 g/mol. The normalized spacial score (nSPS) is 15.6. The Bertz CT molecular complexity index is 198. The van der Waals surface area contributed by atoms with Crippen molar-refractivity contribution >= 4 is 12.2 Å². The largest absolute Gasteiger partial charge is 0.517 e. The van der Waals surface area contributed by atoms with Crippen LogP contribution in [-0.2, 0) is 9.47 Å². The lowest BCUT2D eigenvalue weighted by atomic mass is 10.4. The van der Waals surface area contributed by atoms with Crippen LogP contribution < -0.4 is 0 Å². The molecule has 0 spiro atoms. The Morgan fingerprint density at radius 3 is 2.46 bits per heavy atom. The van der Waals surface area contributed by atoms with E-state index in [0.29, 0.717) is 13.1 Å². The lowest BCUT2D eigenvalue weighted by molar-refractivity contribution is 0.0663. The van der Waals surface area contributed by atoms with Gasteiger partial charge in [0.05, 0.1) is 6.61 Å². The average molecular weight is 187 g/mol. The third-order valence-electron chi connectivity index (χ3n) is 1.80. The molecule has 0 aliphatic carbocycles. The van der Waals surface area contributed by atoms with Gasteiger partial charge in [-0.1, -0.05) is 0 Å². The van der Waals surface area contributed by atoms with Crippen LogP contribution in [0.5, 0.6) is 0 Å². The molecule has 0 aromatic carbocycles. The molecule has 1 aliphatic rings. The number of nitrogens with zero attached hydrogens (tertiary/aromatic N) is 1. The van der Waals surface area contributed by atoms with Gasteiger partial charge < -0.3 is 14.4 Å². The zero-order valence-electron chi connectivity index (χ0n) is 7.62. The maximum Gasteiger partial charge on any atom is 0.517 e. The fourth-order valence-electron chi connectivity index (χ4n) is 1.18. The molecule has 13 heavy (non-hydrogen) atoms. The van der Waals surface area contributed by atoms with Crippen molar-refractivity contribution in [2.45, 2.75) is 19.8 Å². The highest BCUT2D eigenvalue weighted by Crippen LogP contribution is 2.08. The quantitative estimate of drug-likeness (QED) is 0.459. The van der Waals surface area contributed by atoms with Crippen molar-refractivity contribution in [1.82, 2.24) is 4.90 Å². The molecule has 1 heterocycles. The van der Waals surface area contributed by atoms with Crippen molar-refractivity contribution in [1.29, 1.82) is 0 Å². The van der Waals surface area contributed by atoms with Gasteiger partial charge >= 0.3 is 12.2 Å². The van der Waals surface area contributed by atoms with Crippen molar-refractivity contribution in [2.24, 2.45) is 0 Å². The lowest BCUT2D eigenvalue weighted by Gasteiger charge is -2.12. The topological polar surface area (TPSA) is 55.8 Å². The van der Waals surface area contributed by atoms with Crippen LogP contribution in [0.15, 0.2) is 0 Å². The molecule has 1 aliphatic heterocycles. The minimum absolute atomic E-state index is 0.214. The van der Waals surface area contributed by atoms with E-state index < -0.39 is 12.2 Å². The van der Waals surface area contributed by atoms with E-state index in [-0.39, 0.29) is 6.61 Å². The summed E-state index contributed by atoms with van der Waals surface area (Å²) >= 11 is 0.